The van der Waals surface area contributed by atoms with Crippen LogP contribution in [-0.2, 0) is 32.0 Å². The Hall–Kier alpha value is -3.27. The normalized spacial score (nSPS) is 22.8. The highest BCUT2D eigenvalue weighted by Crippen LogP contribution is 2.41. The summed E-state index contributed by atoms with van der Waals surface area (Å²) < 4.78 is 6.87. The van der Waals surface area contributed by atoms with Gasteiger partial charge in [0, 0.05) is 12.1 Å². The quantitative estimate of drug-likeness (QED) is 0.428. The minimum Gasteiger partial charge on any atom is -0.481 e. The second-order valence-electron chi connectivity index (χ2n) is 10.5. The number of rotatable bonds is 7. The van der Waals surface area contributed by atoms with E-state index >= 15 is 0 Å². The molecular weight excluding hydrogens is 490 g/mol. The highest BCUT2D eigenvalue weighted by Gasteiger charge is 2.41. The second-order valence-corrected chi connectivity index (χ2v) is 10.5. The molecule has 0 amide bonds. The van der Waals surface area contributed by atoms with Crippen LogP contribution in [0.5, 0.6) is 0 Å². The maximum absolute atomic E-state index is 10.3. The molecule has 2 aromatic carbocycles. The van der Waals surface area contributed by atoms with Crippen LogP contribution in [0.2, 0.25) is 0 Å². The fraction of sp³-hybridized carbons (Fsp3) is 0.483. The number of fused-ring (bicyclic) bond motifs is 4. The number of carboxylic acids is 3. The van der Waals surface area contributed by atoms with E-state index in [2.05, 4.69) is 60.5 Å². The van der Waals surface area contributed by atoms with E-state index in [9.17, 15) is 14.4 Å². The molecule has 9 heteroatoms. The second kappa shape index (κ2) is 11.6. The van der Waals surface area contributed by atoms with Crippen molar-refractivity contribution in [2.45, 2.75) is 81.3 Å². The molecule has 2 aromatic rings. The summed E-state index contributed by atoms with van der Waals surface area (Å²) in [6.45, 7) is 0. The molecule has 5 rings (SSSR count). The van der Waals surface area contributed by atoms with E-state index in [0.717, 1.165) is 24.9 Å². The molecule has 2 saturated heterocycles. The van der Waals surface area contributed by atoms with Crippen molar-refractivity contribution >= 4 is 17.9 Å². The molecule has 3 atom stereocenters. The third kappa shape index (κ3) is 6.23. The lowest BCUT2D eigenvalue weighted by molar-refractivity contribution is -0.170. The van der Waals surface area contributed by atoms with Crippen LogP contribution in [0.25, 0.3) is 0 Å². The van der Waals surface area contributed by atoms with Crippen LogP contribution in [-0.4, -0.2) is 74.1 Å². The fourth-order valence-corrected chi connectivity index (χ4v) is 6.00. The first-order valence-corrected chi connectivity index (χ1v) is 13.0. The van der Waals surface area contributed by atoms with Crippen molar-refractivity contribution in [2.24, 2.45) is 0 Å². The van der Waals surface area contributed by atoms with Gasteiger partial charge in [-0.3, -0.25) is 9.59 Å². The number of hydrogen-bond donors (Lipinski definition) is 4. The lowest BCUT2D eigenvalue weighted by atomic mass is 9.95. The van der Waals surface area contributed by atoms with Crippen LogP contribution in [0.4, 0.5) is 0 Å². The minimum atomic E-state index is -2.74. The number of carbonyl (C=O) groups is 3. The third-order valence-electron chi connectivity index (χ3n) is 8.01. The Morgan fingerprint density at radius 2 is 1.29 bits per heavy atom. The average molecular weight is 526 g/mol. The van der Waals surface area contributed by atoms with Gasteiger partial charge in [0.05, 0.1) is 18.9 Å². The molecule has 0 spiro atoms. The minimum absolute atomic E-state index is 0.0997. The zero-order chi connectivity index (χ0) is 27.4. The van der Waals surface area contributed by atoms with Crippen LogP contribution in [0.1, 0.15) is 66.9 Å². The van der Waals surface area contributed by atoms with Crippen molar-refractivity contribution in [3.8, 4) is 0 Å². The van der Waals surface area contributed by atoms with Gasteiger partial charge in [-0.15, -0.1) is 0 Å². The SMILES string of the molecule is CN1[C@@H]2CC[C@H]1CC(OC1c3ccccc3CCc3ccccc31)C2.O=C(O)CC(O)(CC(=O)O)C(=O)O. The summed E-state index contributed by atoms with van der Waals surface area (Å²) in [5.41, 5.74) is 2.95. The lowest BCUT2D eigenvalue weighted by Crippen LogP contribution is -2.43. The predicted molar refractivity (Wildman–Crippen MR) is 138 cm³/mol. The van der Waals surface area contributed by atoms with Gasteiger partial charge in [0.15, 0.2) is 5.60 Å². The number of aliphatic carboxylic acids is 3. The van der Waals surface area contributed by atoms with Gasteiger partial charge >= 0.3 is 17.9 Å². The van der Waals surface area contributed by atoms with Gasteiger partial charge in [-0.25, -0.2) is 4.79 Å². The molecule has 0 radical (unpaired) electrons. The number of nitrogens with zero attached hydrogens (tertiary/aromatic N) is 1. The van der Waals surface area contributed by atoms with Crippen LogP contribution >= 0.6 is 0 Å². The van der Waals surface area contributed by atoms with Gasteiger partial charge < -0.3 is 30.1 Å². The number of piperidine rings is 1. The Morgan fingerprint density at radius 1 is 0.842 bits per heavy atom. The maximum atomic E-state index is 10.3. The zero-order valence-electron chi connectivity index (χ0n) is 21.5. The highest BCUT2D eigenvalue weighted by molar-refractivity contribution is 5.88. The highest BCUT2D eigenvalue weighted by atomic mass is 16.5. The first kappa shape index (κ1) is 27.8. The van der Waals surface area contributed by atoms with Crippen molar-refractivity contribution in [3.05, 3.63) is 70.8 Å². The predicted octanol–water partition coefficient (Wildman–Crippen LogP) is 3.27. The van der Waals surface area contributed by atoms with Gasteiger partial charge in [0.2, 0.25) is 0 Å². The van der Waals surface area contributed by atoms with Gasteiger partial charge in [-0.1, -0.05) is 48.5 Å². The molecule has 2 bridgehead atoms. The molecule has 0 saturated carbocycles. The van der Waals surface area contributed by atoms with Crippen molar-refractivity contribution in [1.82, 2.24) is 4.90 Å². The van der Waals surface area contributed by atoms with E-state index in [4.69, 9.17) is 25.2 Å². The smallest absolute Gasteiger partial charge is 0.336 e. The fourth-order valence-electron chi connectivity index (χ4n) is 6.00. The number of hydrogen-bond acceptors (Lipinski definition) is 6. The molecule has 2 aliphatic heterocycles. The van der Waals surface area contributed by atoms with Crippen LogP contribution < -0.4 is 0 Å². The summed E-state index contributed by atoms with van der Waals surface area (Å²) in [7, 11) is 2.30. The molecule has 3 aliphatic rings. The number of ether oxygens (including phenoxy) is 1. The first-order valence-electron chi connectivity index (χ1n) is 13.0. The summed E-state index contributed by atoms with van der Waals surface area (Å²) in [6.07, 6.45) is 5.50. The Balaban J connectivity index is 0.000000222. The monoisotopic (exact) mass is 525 g/mol. The van der Waals surface area contributed by atoms with Crippen LogP contribution in [0.3, 0.4) is 0 Å². The van der Waals surface area contributed by atoms with E-state index < -0.39 is 36.4 Å². The summed E-state index contributed by atoms with van der Waals surface area (Å²) in [4.78, 5) is 33.1. The Morgan fingerprint density at radius 3 is 1.71 bits per heavy atom. The van der Waals surface area contributed by atoms with Gasteiger partial charge in [0.25, 0.3) is 0 Å². The summed E-state index contributed by atoms with van der Waals surface area (Å²) in [6, 6.07) is 19.3. The van der Waals surface area contributed by atoms with Crippen molar-refractivity contribution in [3.63, 3.8) is 0 Å². The molecule has 2 heterocycles. The standard InChI is InChI=1S/C23H27NO.C6H8O7/c1-24-18-12-13-19(24)15-20(14-18)25-23-21-8-4-2-6-16(21)10-11-17-7-3-5-9-22(17)23;7-3(8)1-6(13,5(11)12)2-4(9)10/h2-9,18-20,23H,10-15H2,1H3;13H,1-2H2,(H,7,8)(H,9,10)(H,11,12)/t18-,19+,20?;. The number of benzene rings is 2. The molecule has 204 valence electrons. The third-order valence-corrected chi connectivity index (χ3v) is 8.01. The van der Waals surface area contributed by atoms with Gasteiger partial charge in [-0.2, -0.15) is 0 Å². The molecule has 1 unspecified atom stereocenters. The molecule has 9 nitrogen and oxygen atoms in total. The van der Waals surface area contributed by atoms with Crippen LogP contribution in [0.15, 0.2) is 48.5 Å². The number of aryl methyl sites for hydroxylation is 2. The summed E-state index contributed by atoms with van der Waals surface area (Å²) in [5, 5.41) is 33.8. The molecule has 1 aliphatic carbocycles. The topological polar surface area (TPSA) is 145 Å². The maximum Gasteiger partial charge on any atom is 0.336 e. The van der Waals surface area contributed by atoms with Crippen molar-refractivity contribution < 1.29 is 39.5 Å². The van der Waals surface area contributed by atoms with Gasteiger partial charge in [-0.05, 0) is 67.8 Å². The van der Waals surface area contributed by atoms with E-state index in [0.29, 0.717) is 6.10 Å². The molecule has 38 heavy (non-hydrogen) atoms. The van der Waals surface area contributed by atoms with Crippen LogP contribution in [0, 0.1) is 0 Å². The summed E-state index contributed by atoms with van der Waals surface area (Å²) in [5.74, 6) is -5.02. The Labute approximate surface area is 221 Å². The van der Waals surface area contributed by atoms with Crippen molar-refractivity contribution in [2.75, 3.05) is 7.05 Å². The van der Waals surface area contributed by atoms with E-state index in [1.165, 1.54) is 47.9 Å². The number of carboxylic acid groups (broad SMARTS) is 3. The average Bonchev–Trinajstić information content (AvgIpc) is 3.01. The first-order chi connectivity index (χ1) is 18.1. The molecule has 0 aromatic heterocycles. The molecule has 4 N–H and O–H groups in total. The van der Waals surface area contributed by atoms with Crippen molar-refractivity contribution in [1.29, 1.82) is 0 Å². The molecular formula is C29H35NO8. The largest absolute Gasteiger partial charge is 0.481 e. The van der Waals surface area contributed by atoms with E-state index in [-0.39, 0.29) is 6.10 Å². The summed E-state index contributed by atoms with van der Waals surface area (Å²) >= 11 is 0. The zero-order valence-corrected chi connectivity index (χ0v) is 21.5. The lowest BCUT2D eigenvalue weighted by Gasteiger charge is -2.38. The Kier molecular flexibility index (Phi) is 8.50. The number of aliphatic hydroxyl groups is 1. The van der Waals surface area contributed by atoms with E-state index in [1.54, 1.807) is 0 Å². The van der Waals surface area contributed by atoms with Gasteiger partial charge in [0.1, 0.15) is 6.10 Å². The van der Waals surface area contributed by atoms with E-state index in [1.807, 2.05) is 0 Å². The Bertz CT molecular complexity index is 1100. The molecule has 2 fully saturated rings.